The van der Waals surface area contributed by atoms with Gasteiger partial charge in [0, 0.05) is 6.54 Å². The van der Waals surface area contributed by atoms with Crippen LogP contribution in [0.25, 0.3) is 0 Å². The highest BCUT2D eigenvalue weighted by Gasteiger charge is 2.26. The van der Waals surface area contributed by atoms with Crippen LogP contribution in [0.2, 0.25) is 0 Å². The molecule has 2 heterocycles. The van der Waals surface area contributed by atoms with Gasteiger partial charge in [0.05, 0.1) is 24.3 Å². The summed E-state index contributed by atoms with van der Waals surface area (Å²) >= 11 is 1.55. The summed E-state index contributed by atoms with van der Waals surface area (Å²) in [6.07, 6.45) is 2.45. The lowest BCUT2D eigenvalue weighted by atomic mass is 10.2. The Hall–Kier alpha value is -2.09. The second-order valence-corrected chi connectivity index (χ2v) is 8.98. The Morgan fingerprint density at radius 1 is 1.19 bits per heavy atom. The van der Waals surface area contributed by atoms with E-state index in [9.17, 15) is 8.42 Å². The fraction of sp³-hybridized carbons (Fsp3) is 0.300. The number of aryl methyl sites for hydroxylation is 1. The van der Waals surface area contributed by atoms with E-state index in [1.807, 2.05) is 30.7 Å². The van der Waals surface area contributed by atoms with E-state index in [0.717, 1.165) is 17.5 Å². The van der Waals surface area contributed by atoms with Crippen LogP contribution in [0.1, 0.15) is 30.2 Å². The topological polar surface area (TPSA) is 59.8 Å². The van der Waals surface area contributed by atoms with Gasteiger partial charge in [-0.25, -0.2) is 8.42 Å². The molecule has 0 amide bonds. The van der Waals surface area contributed by atoms with Crippen molar-refractivity contribution < 1.29 is 17.6 Å². The maximum Gasteiger partial charge on any atom is 0.243 e. The molecule has 0 bridgehead atoms. The molecule has 27 heavy (non-hydrogen) atoms. The van der Waals surface area contributed by atoms with Gasteiger partial charge in [-0.2, -0.15) is 15.6 Å². The molecule has 0 spiro atoms. The quantitative estimate of drug-likeness (QED) is 0.512. The summed E-state index contributed by atoms with van der Waals surface area (Å²) in [6, 6.07) is 10.5. The van der Waals surface area contributed by atoms with Crippen molar-refractivity contribution in [2.45, 2.75) is 38.3 Å². The minimum absolute atomic E-state index is 0.179. The number of hydrogen-bond donors (Lipinski definition) is 0. The van der Waals surface area contributed by atoms with E-state index >= 15 is 0 Å². The smallest absolute Gasteiger partial charge is 0.243 e. The number of furan rings is 1. The number of rotatable bonds is 9. The minimum atomic E-state index is -3.69. The van der Waals surface area contributed by atoms with Gasteiger partial charge in [0.25, 0.3) is 0 Å². The van der Waals surface area contributed by atoms with Gasteiger partial charge in [-0.05, 0) is 71.6 Å². The maximum atomic E-state index is 13.3. The average molecular weight is 406 g/mol. The molecular formula is C20H23NO4S2. The standard InChI is InChI=1S/C20H23NO4S2/c1-3-9-25-20-7-6-19(12-16(20)2)27(22,23)21(13-17-8-11-26-15-17)14-18-5-4-10-24-18/h4-8,10-12,15H,3,9,13-14H2,1-2H3. The highest BCUT2D eigenvalue weighted by Crippen LogP contribution is 2.26. The molecule has 0 radical (unpaired) electrons. The third-order valence-corrected chi connectivity index (χ3v) is 6.62. The molecule has 5 nitrogen and oxygen atoms in total. The average Bonchev–Trinajstić information content (AvgIpc) is 3.34. The van der Waals surface area contributed by atoms with Gasteiger partial charge >= 0.3 is 0 Å². The molecule has 0 fully saturated rings. The molecule has 0 aliphatic heterocycles. The number of benzene rings is 1. The van der Waals surface area contributed by atoms with Gasteiger partial charge < -0.3 is 9.15 Å². The van der Waals surface area contributed by atoms with Gasteiger partial charge in [0.2, 0.25) is 10.0 Å². The molecule has 0 aliphatic carbocycles. The highest BCUT2D eigenvalue weighted by molar-refractivity contribution is 7.89. The second-order valence-electron chi connectivity index (χ2n) is 6.26. The van der Waals surface area contributed by atoms with Crippen LogP contribution < -0.4 is 4.74 Å². The molecule has 2 aromatic heterocycles. The minimum Gasteiger partial charge on any atom is -0.493 e. The highest BCUT2D eigenvalue weighted by atomic mass is 32.2. The molecule has 0 saturated carbocycles. The van der Waals surface area contributed by atoms with Crippen LogP contribution in [0, 0.1) is 6.92 Å². The Morgan fingerprint density at radius 3 is 2.67 bits per heavy atom. The molecule has 0 unspecified atom stereocenters. The van der Waals surface area contributed by atoms with Crippen LogP contribution in [0.3, 0.4) is 0 Å². The van der Waals surface area contributed by atoms with E-state index in [4.69, 9.17) is 9.15 Å². The van der Waals surface area contributed by atoms with Crippen molar-refractivity contribution in [3.63, 3.8) is 0 Å². The van der Waals surface area contributed by atoms with Crippen LogP contribution in [0.4, 0.5) is 0 Å². The van der Waals surface area contributed by atoms with E-state index in [-0.39, 0.29) is 11.4 Å². The Labute approximate surface area is 164 Å². The molecule has 0 atom stereocenters. The Bertz CT molecular complexity index is 912. The van der Waals surface area contributed by atoms with Gasteiger partial charge in [-0.1, -0.05) is 6.92 Å². The van der Waals surface area contributed by atoms with Crippen molar-refractivity contribution in [2.75, 3.05) is 6.61 Å². The number of ether oxygens (including phenoxy) is 1. The van der Waals surface area contributed by atoms with E-state index < -0.39 is 10.0 Å². The van der Waals surface area contributed by atoms with E-state index in [1.54, 1.807) is 47.9 Å². The fourth-order valence-corrected chi connectivity index (χ4v) is 4.83. The summed E-state index contributed by atoms with van der Waals surface area (Å²) < 4.78 is 39.1. The lowest BCUT2D eigenvalue weighted by molar-refractivity contribution is 0.315. The first-order valence-electron chi connectivity index (χ1n) is 8.77. The molecule has 3 rings (SSSR count). The van der Waals surface area contributed by atoms with Crippen LogP contribution >= 0.6 is 11.3 Å². The third kappa shape index (κ3) is 4.80. The lowest BCUT2D eigenvalue weighted by Gasteiger charge is -2.21. The van der Waals surface area contributed by atoms with Crippen LogP contribution in [-0.2, 0) is 23.1 Å². The second kappa shape index (κ2) is 8.73. The lowest BCUT2D eigenvalue weighted by Crippen LogP contribution is -2.30. The predicted octanol–water partition coefficient (Wildman–Crippen LogP) is 4.83. The number of thiophene rings is 1. The Morgan fingerprint density at radius 2 is 2.04 bits per heavy atom. The predicted molar refractivity (Wildman–Crippen MR) is 106 cm³/mol. The van der Waals surface area contributed by atoms with Gasteiger partial charge in [-0.15, -0.1) is 0 Å². The van der Waals surface area contributed by atoms with Crippen molar-refractivity contribution in [1.29, 1.82) is 0 Å². The first-order chi connectivity index (χ1) is 13.0. The first-order valence-corrected chi connectivity index (χ1v) is 11.2. The number of sulfonamides is 1. The number of hydrogen-bond acceptors (Lipinski definition) is 5. The molecule has 1 aromatic carbocycles. The maximum absolute atomic E-state index is 13.3. The van der Waals surface area contributed by atoms with Crippen molar-refractivity contribution in [3.05, 3.63) is 70.3 Å². The van der Waals surface area contributed by atoms with E-state index in [1.165, 1.54) is 4.31 Å². The normalized spacial score (nSPS) is 11.8. The van der Waals surface area contributed by atoms with Crippen LogP contribution in [0.15, 0.2) is 62.7 Å². The van der Waals surface area contributed by atoms with Crippen molar-refractivity contribution in [1.82, 2.24) is 4.31 Å². The van der Waals surface area contributed by atoms with Crippen LogP contribution in [0.5, 0.6) is 5.75 Å². The largest absolute Gasteiger partial charge is 0.493 e. The summed E-state index contributed by atoms with van der Waals surface area (Å²) in [5.74, 6) is 1.32. The van der Waals surface area contributed by atoms with Gasteiger partial charge in [0.1, 0.15) is 11.5 Å². The fourth-order valence-electron chi connectivity index (χ4n) is 2.69. The SMILES string of the molecule is CCCOc1ccc(S(=O)(=O)N(Cc2ccsc2)Cc2ccco2)cc1C. The molecule has 7 heteroatoms. The van der Waals surface area contributed by atoms with Gasteiger partial charge in [0.15, 0.2) is 0 Å². The van der Waals surface area contributed by atoms with Crippen molar-refractivity contribution >= 4 is 21.4 Å². The molecule has 144 valence electrons. The number of nitrogens with zero attached hydrogens (tertiary/aromatic N) is 1. The zero-order chi connectivity index (χ0) is 19.3. The molecule has 3 aromatic rings. The van der Waals surface area contributed by atoms with Crippen LogP contribution in [-0.4, -0.2) is 19.3 Å². The summed E-state index contributed by atoms with van der Waals surface area (Å²) in [5.41, 5.74) is 1.76. The Balaban J connectivity index is 1.90. The summed E-state index contributed by atoms with van der Waals surface area (Å²) in [4.78, 5) is 0.255. The Kier molecular flexibility index (Phi) is 6.36. The van der Waals surface area contributed by atoms with Crippen molar-refractivity contribution in [3.8, 4) is 5.75 Å². The van der Waals surface area contributed by atoms with Gasteiger partial charge in [-0.3, -0.25) is 0 Å². The summed E-state index contributed by atoms with van der Waals surface area (Å²) in [6.45, 7) is 4.97. The zero-order valence-corrected chi connectivity index (χ0v) is 17.1. The summed E-state index contributed by atoms with van der Waals surface area (Å²) in [5, 5.41) is 3.90. The third-order valence-electron chi connectivity index (χ3n) is 4.10. The first kappa shape index (κ1) is 19.7. The molecule has 0 aliphatic rings. The van der Waals surface area contributed by atoms with E-state index in [2.05, 4.69) is 0 Å². The molecule has 0 N–H and O–H groups in total. The van der Waals surface area contributed by atoms with Crippen molar-refractivity contribution in [2.24, 2.45) is 0 Å². The monoisotopic (exact) mass is 405 g/mol. The molecule has 0 saturated heterocycles. The molecular weight excluding hydrogens is 382 g/mol. The summed E-state index contributed by atoms with van der Waals surface area (Å²) in [7, 11) is -3.69. The zero-order valence-electron chi connectivity index (χ0n) is 15.4. The van der Waals surface area contributed by atoms with E-state index in [0.29, 0.717) is 24.7 Å².